The molecule has 2 amide bonds. The van der Waals surface area contributed by atoms with E-state index in [1.807, 2.05) is 25.1 Å². The van der Waals surface area contributed by atoms with Gasteiger partial charge in [0.25, 0.3) is 5.91 Å². The highest BCUT2D eigenvalue weighted by molar-refractivity contribution is 6.05. The van der Waals surface area contributed by atoms with Crippen molar-refractivity contribution in [2.75, 3.05) is 11.9 Å². The van der Waals surface area contributed by atoms with E-state index in [-0.39, 0.29) is 11.9 Å². The minimum absolute atomic E-state index is 0.306. The summed E-state index contributed by atoms with van der Waals surface area (Å²) in [4.78, 5) is 32.5. The van der Waals surface area contributed by atoms with Crippen molar-refractivity contribution in [2.45, 2.75) is 6.92 Å². The van der Waals surface area contributed by atoms with Crippen molar-refractivity contribution >= 4 is 28.7 Å². The number of nitrogens with one attached hydrogen (secondary N) is 2. The second-order valence-corrected chi connectivity index (χ2v) is 5.27. The van der Waals surface area contributed by atoms with Crippen LogP contribution < -0.4 is 10.6 Å². The number of nitrogens with zero attached hydrogens (tertiary/aromatic N) is 3. The van der Waals surface area contributed by atoms with Gasteiger partial charge in [-0.1, -0.05) is 12.6 Å². The minimum Gasteiger partial charge on any atom is -0.338 e. The van der Waals surface area contributed by atoms with Crippen molar-refractivity contribution in [2.24, 2.45) is 0 Å². The van der Waals surface area contributed by atoms with Crippen LogP contribution in [0.2, 0.25) is 0 Å². The maximum Gasteiger partial charge on any atom is 0.319 e. The molecule has 0 saturated heterocycles. The van der Waals surface area contributed by atoms with E-state index in [0.717, 1.165) is 11.1 Å². The quantitative estimate of drug-likeness (QED) is 0.717. The lowest BCUT2D eigenvalue weighted by Gasteiger charge is -2.04. The smallest absolute Gasteiger partial charge is 0.319 e. The maximum atomic E-state index is 12.2. The van der Waals surface area contributed by atoms with Crippen molar-refractivity contribution in [3.8, 4) is 11.1 Å². The van der Waals surface area contributed by atoms with Gasteiger partial charge in [0.05, 0.1) is 11.2 Å². The van der Waals surface area contributed by atoms with Crippen molar-refractivity contribution < 1.29 is 9.59 Å². The second-order valence-electron chi connectivity index (χ2n) is 5.27. The van der Waals surface area contributed by atoms with Crippen LogP contribution in [0.15, 0.2) is 55.6 Å². The van der Waals surface area contributed by atoms with Crippen LogP contribution in [-0.4, -0.2) is 33.0 Å². The van der Waals surface area contributed by atoms with Crippen LogP contribution in [0.4, 0.5) is 10.5 Å². The van der Waals surface area contributed by atoms with Crippen LogP contribution >= 0.6 is 0 Å². The monoisotopic (exact) mass is 335 g/mol. The summed E-state index contributed by atoms with van der Waals surface area (Å²) >= 11 is 0. The van der Waals surface area contributed by atoms with Gasteiger partial charge < -0.3 is 10.6 Å². The second kappa shape index (κ2) is 6.96. The van der Waals surface area contributed by atoms with E-state index in [0.29, 0.717) is 23.3 Å². The van der Waals surface area contributed by atoms with E-state index in [1.54, 1.807) is 24.8 Å². The number of carbonyl (C=O) groups is 2. The lowest BCUT2D eigenvalue weighted by Crippen LogP contribution is -2.28. The Labute approximate surface area is 144 Å². The number of pyridine rings is 2. The summed E-state index contributed by atoms with van der Waals surface area (Å²) in [5, 5.41) is 5.36. The predicted molar refractivity (Wildman–Crippen MR) is 96.5 cm³/mol. The van der Waals surface area contributed by atoms with Gasteiger partial charge in [0.1, 0.15) is 5.52 Å². The van der Waals surface area contributed by atoms with E-state index >= 15 is 0 Å². The number of rotatable bonds is 4. The number of anilines is 1. The van der Waals surface area contributed by atoms with Gasteiger partial charge in [-0.05, 0) is 25.1 Å². The highest BCUT2D eigenvalue weighted by Crippen LogP contribution is 2.28. The lowest BCUT2D eigenvalue weighted by atomic mass is 10.1. The summed E-state index contributed by atoms with van der Waals surface area (Å²) in [5.41, 5.74) is 3.26. The van der Waals surface area contributed by atoms with Crippen molar-refractivity contribution in [3.05, 3.63) is 55.6 Å². The van der Waals surface area contributed by atoms with Gasteiger partial charge in [-0.3, -0.25) is 19.3 Å². The van der Waals surface area contributed by atoms with E-state index < -0.39 is 0 Å². The molecule has 7 nitrogen and oxygen atoms in total. The SMILES string of the molecule is C=CC(=O)n1cc(NC(=O)NCC)c2ncc(-c3cccnc3)cc21. The summed E-state index contributed by atoms with van der Waals surface area (Å²) in [5.74, 6) is -0.306. The molecule has 0 aliphatic carbocycles. The van der Waals surface area contributed by atoms with Gasteiger partial charge in [0.15, 0.2) is 0 Å². The predicted octanol–water partition coefficient (Wildman–Crippen LogP) is 3.07. The third kappa shape index (κ3) is 3.25. The molecule has 0 bridgehead atoms. The number of fused-ring (bicyclic) bond motifs is 1. The highest BCUT2D eigenvalue weighted by atomic mass is 16.2. The fourth-order valence-corrected chi connectivity index (χ4v) is 2.49. The van der Waals surface area contributed by atoms with Gasteiger partial charge in [-0.25, -0.2) is 4.79 Å². The van der Waals surface area contributed by atoms with Crippen LogP contribution in [0, 0.1) is 0 Å². The van der Waals surface area contributed by atoms with Crippen LogP contribution in [0.25, 0.3) is 22.2 Å². The molecule has 0 unspecified atom stereocenters. The van der Waals surface area contributed by atoms with Crippen LogP contribution in [0.1, 0.15) is 11.7 Å². The number of urea groups is 1. The summed E-state index contributed by atoms with van der Waals surface area (Å²) in [6.07, 6.45) is 7.86. The molecule has 0 saturated carbocycles. The number of aromatic nitrogens is 3. The zero-order valence-corrected chi connectivity index (χ0v) is 13.7. The minimum atomic E-state index is -0.356. The fourth-order valence-electron chi connectivity index (χ4n) is 2.49. The molecule has 3 heterocycles. The molecule has 3 aromatic rings. The first-order valence-corrected chi connectivity index (χ1v) is 7.77. The van der Waals surface area contributed by atoms with Crippen molar-refractivity contribution in [3.63, 3.8) is 0 Å². The molecule has 2 N–H and O–H groups in total. The van der Waals surface area contributed by atoms with E-state index in [2.05, 4.69) is 27.2 Å². The van der Waals surface area contributed by atoms with Gasteiger partial charge in [0.2, 0.25) is 0 Å². The first-order chi connectivity index (χ1) is 12.1. The Morgan fingerprint density at radius 3 is 2.84 bits per heavy atom. The first-order valence-electron chi connectivity index (χ1n) is 7.77. The van der Waals surface area contributed by atoms with Crippen molar-refractivity contribution in [1.82, 2.24) is 19.9 Å². The van der Waals surface area contributed by atoms with Gasteiger partial charge in [-0.15, -0.1) is 0 Å². The molecule has 3 aromatic heterocycles. The average Bonchev–Trinajstić information content (AvgIpc) is 2.99. The molecule has 3 rings (SSSR count). The molecule has 0 fully saturated rings. The van der Waals surface area contributed by atoms with Crippen molar-refractivity contribution in [1.29, 1.82) is 0 Å². The van der Waals surface area contributed by atoms with Gasteiger partial charge in [0, 0.05) is 42.5 Å². The number of hydrogen-bond acceptors (Lipinski definition) is 4. The molecule has 7 heteroatoms. The zero-order chi connectivity index (χ0) is 17.8. The molecular weight excluding hydrogens is 318 g/mol. The standard InChI is InChI=1S/C18H17N5O2/c1-3-16(24)23-11-14(22-18(25)20-4-2)17-15(23)8-13(10-21-17)12-6-5-7-19-9-12/h3,5-11H,1,4H2,2H3,(H2,20,22,25). The normalized spacial score (nSPS) is 10.4. The molecule has 126 valence electrons. The maximum absolute atomic E-state index is 12.2. The number of allylic oxidation sites excluding steroid dienone is 1. The summed E-state index contributed by atoms with van der Waals surface area (Å²) < 4.78 is 1.41. The number of hydrogen-bond donors (Lipinski definition) is 2. The number of amides is 2. The van der Waals surface area contributed by atoms with Crippen LogP contribution in [0.5, 0.6) is 0 Å². The largest absolute Gasteiger partial charge is 0.338 e. The van der Waals surface area contributed by atoms with E-state index in [9.17, 15) is 9.59 Å². The lowest BCUT2D eigenvalue weighted by molar-refractivity contribution is 0.0974. The van der Waals surface area contributed by atoms with Crippen LogP contribution in [-0.2, 0) is 0 Å². The Bertz CT molecular complexity index is 947. The average molecular weight is 335 g/mol. The molecule has 25 heavy (non-hydrogen) atoms. The Morgan fingerprint density at radius 2 is 2.16 bits per heavy atom. The van der Waals surface area contributed by atoms with Gasteiger partial charge in [-0.2, -0.15) is 0 Å². The summed E-state index contributed by atoms with van der Waals surface area (Å²) in [6, 6.07) is 5.22. The van der Waals surface area contributed by atoms with E-state index in [1.165, 1.54) is 10.6 Å². The third-order valence-electron chi connectivity index (χ3n) is 3.63. The topological polar surface area (TPSA) is 88.9 Å². The highest BCUT2D eigenvalue weighted by Gasteiger charge is 2.16. The van der Waals surface area contributed by atoms with Crippen LogP contribution in [0.3, 0.4) is 0 Å². The van der Waals surface area contributed by atoms with Gasteiger partial charge >= 0.3 is 6.03 Å². The number of carbonyl (C=O) groups excluding carboxylic acids is 2. The summed E-state index contributed by atoms with van der Waals surface area (Å²) in [6.45, 7) is 5.84. The summed E-state index contributed by atoms with van der Waals surface area (Å²) in [7, 11) is 0. The first kappa shape index (κ1) is 16.4. The Morgan fingerprint density at radius 1 is 1.32 bits per heavy atom. The molecule has 0 spiro atoms. The Balaban J connectivity index is 2.12. The Kier molecular flexibility index (Phi) is 4.56. The Hall–Kier alpha value is -3.48. The molecule has 0 aliphatic rings. The molecule has 0 atom stereocenters. The molecule has 0 aromatic carbocycles. The molecule has 0 radical (unpaired) electrons. The van der Waals surface area contributed by atoms with E-state index in [4.69, 9.17) is 0 Å². The zero-order valence-electron chi connectivity index (χ0n) is 13.7. The molecule has 0 aliphatic heterocycles. The fraction of sp³-hybridized carbons (Fsp3) is 0.111. The third-order valence-corrected chi connectivity index (χ3v) is 3.63. The molecular formula is C18H17N5O2.